The first-order chi connectivity index (χ1) is 11.3. The lowest BCUT2D eigenvalue weighted by Gasteiger charge is -2.39. The van der Waals surface area contributed by atoms with Crippen molar-refractivity contribution in [3.63, 3.8) is 0 Å². The Kier molecular flexibility index (Phi) is 4.18. The second-order valence-electron chi connectivity index (χ2n) is 7.12. The second-order valence-corrected chi connectivity index (χ2v) is 7.12. The molecule has 0 bridgehead atoms. The molecule has 1 amide bonds. The number of aromatic nitrogens is 1. The Balaban J connectivity index is 1.71. The summed E-state index contributed by atoms with van der Waals surface area (Å²) in [6.07, 6.45) is -0.266. The van der Waals surface area contributed by atoms with Crippen molar-refractivity contribution < 1.29 is 9.53 Å². The summed E-state index contributed by atoms with van der Waals surface area (Å²) in [5, 5.41) is 0. The maximum absolute atomic E-state index is 12.0. The van der Waals surface area contributed by atoms with Crippen LogP contribution in [0.15, 0.2) is 42.5 Å². The summed E-state index contributed by atoms with van der Waals surface area (Å²) in [5.74, 6) is 0.223. The van der Waals surface area contributed by atoms with E-state index in [0.29, 0.717) is 18.8 Å². The molecule has 2 heterocycles. The Labute approximate surface area is 142 Å². The molecule has 0 aliphatic carbocycles. The highest BCUT2D eigenvalue weighted by atomic mass is 16.6. The summed E-state index contributed by atoms with van der Waals surface area (Å²) in [6, 6.07) is 13.7. The Morgan fingerprint density at radius 3 is 2.46 bits per heavy atom. The average molecular weight is 325 g/mol. The summed E-state index contributed by atoms with van der Waals surface area (Å²) in [6.45, 7) is 6.86. The van der Waals surface area contributed by atoms with Crippen LogP contribution in [-0.4, -0.2) is 34.7 Å². The van der Waals surface area contributed by atoms with Gasteiger partial charge in [0.1, 0.15) is 5.60 Å². The number of benzene rings is 1. The number of nitrogens with zero attached hydrogens (tertiary/aromatic N) is 2. The first kappa shape index (κ1) is 16.3. The first-order valence-corrected chi connectivity index (χ1v) is 8.13. The maximum Gasteiger partial charge on any atom is 0.410 e. The number of pyridine rings is 1. The van der Waals surface area contributed by atoms with Crippen LogP contribution in [-0.2, 0) is 4.74 Å². The predicted molar refractivity (Wildman–Crippen MR) is 94.6 cm³/mol. The molecule has 24 heavy (non-hydrogen) atoms. The largest absolute Gasteiger partial charge is 0.444 e. The van der Waals surface area contributed by atoms with Crippen molar-refractivity contribution in [2.75, 3.05) is 18.8 Å². The average Bonchev–Trinajstić information content (AvgIpc) is 2.46. The van der Waals surface area contributed by atoms with Crippen molar-refractivity contribution in [3.8, 4) is 11.3 Å². The van der Waals surface area contributed by atoms with Crippen molar-refractivity contribution in [2.24, 2.45) is 0 Å². The molecule has 2 aromatic rings. The second kappa shape index (κ2) is 6.15. The van der Waals surface area contributed by atoms with Gasteiger partial charge in [0.15, 0.2) is 0 Å². The van der Waals surface area contributed by atoms with Crippen LogP contribution in [0.5, 0.6) is 0 Å². The molecule has 3 rings (SSSR count). The minimum Gasteiger partial charge on any atom is -0.444 e. The monoisotopic (exact) mass is 325 g/mol. The summed E-state index contributed by atoms with van der Waals surface area (Å²) in [5.41, 5.74) is 9.03. The van der Waals surface area contributed by atoms with Crippen LogP contribution in [0.25, 0.3) is 11.3 Å². The van der Waals surface area contributed by atoms with Crippen LogP contribution in [0.2, 0.25) is 0 Å². The van der Waals surface area contributed by atoms with Crippen LogP contribution in [0.4, 0.5) is 10.5 Å². The van der Waals surface area contributed by atoms with Gasteiger partial charge in [-0.25, -0.2) is 4.79 Å². The fourth-order valence-corrected chi connectivity index (χ4v) is 2.68. The quantitative estimate of drug-likeness (QED) is 0.915. The third kappa shape index (κ3) is 3.50. The van der Waals surface area contributed by atoms with Gasteiger partial charge >= 0.3 is 6.09 Å². The number of carbonyl (C=O) groups excluding carboxylic acids is 1. The standard InChI is InChI=1S/C19H23N3O2/c1-19(2,3)24-18(23)22-11-14(12-22)16-10-9-15(20)17(21-16)13-7-5-4-6-8-13/h4-10,14H,11-12,20H2,1-3H3. The van der Waals surface area contributed by atoms with Crippen molar-refractivity contribution in [1.29, 1.82) is 0 Å². The van der Waals surface area contributed by atoms with Gasteiger partial charge in [0.25, 0.3) is 0 Å². The summed E-state index contributed by atoms with van der Waals surface area (Å²) in [4.78, 5) is 18.5. The zero-order valence-corrected chi connectivity index (χ0v) is 14.3. The van der Waals surface area contributed by atoms with E-state index < -0.39 is 5.60 Å². The number of hydrogen-bond acceptors (Lipinski definition) is 4. The lowest BCUT2D eigenvalue weighted by Crippen LogP contribution is -2.50. The summed E-state index contributed by atoms with van der Waals surface area (Å²) in [7, 11) is 0. The number of hydrogen-bond donors (Lipinski definition) is 1. The van der Waals surface area contributed by atoms with Crippen molar-refractivity contribution in [3.05, 3.63) is 48.2 Å². The van der Waals surface area contributed by atoms with Crippen LogP contribution in [0.1, 0.15) is 32.4 Å². The molecule has 1 aliphatic heterocycles. The molecular formula is C19H23N3O2. The van der Waals surface area contributed by atoms with Crippen molar-refractivity contribution in [2.45, 2.75) is 32.3 Å². The maximum atomic E-state index is 12.0. The Hall–Kier alpha value is -2.56. The van der Waals surface area contributed by atoms with Gasteiger partial charge in [-0.3, -0.25) is 4.98 Å². The molecule has 5 nitrogen and oxygen atoms in total. The van der Waals surface area contributed by atoms with E-state index in [1.165, 1.54) is 0 Å². The number of nitrogens with two attached hydrogens (primary N) is 1. The van der Waals surface area contributed by atoms with Gasteiger partial charge in [0.2, 0.25) is 0 Å². The number of amides is 1. The van der Waals surface area contributed by atoms with Gasteiger partial charge in [0.05, 0.1) is 11.4 Å². The lowest BCUT2D eigenvalue weighted by atomic mass is 9.95. The number of likely N-dealkylation sites (tertiary alicyclic amines) is 1. The van der Waals surface area contributed by atoms with Gasteiger partial charge in [-0.05, 0) is 32.9 Å². The summed E-state index contributed by atoms with van der Waals surface area (Å²) < 4.78 is 5.38. The molecule has 5 heteroatoms. The zero-order valence-electron chi connectivity index (χ0n) is 14.3. The minimum absolute atomic E-state index is 0.223. The number of rotatable bonds is 2. The fraction of sp³-hybridized carbons (Fsp3) is 0.368. The van der Waals surface area contributed by atoms with Crippen LogP contribution in [0, 0.1) is 0 Å². The van der Waals surface area contributed by atoms with Crippen molar-refractivity contribution in [1.82, 2.24) is 9.88 Å². The van der Waals surface area contributed by atoms with Crippen LogP contribution >= 0.6 is 0 Å². The van der Waals surface area contributed by atoms with E-state index in [9.17, 15) is 4.79 Å². The molecule has 1 aromatic carbocycles. The van der Waals surface area contributed by atoms with Gasteiger partial charge in [0, 0.05) is 30.3 Å². The SMILES string of the molecule is CC(C)(C)OC(=O)N1CC(c2ccc(N)c(-c3ccccc3)n2)C1. The molecule has 1 saturated heterocycles. The zero-order chi connectivity index (χ0) is 17.3. The number of anilines is 1. The molecule has 0 radical (unpaired) electrons. The Morgan fingerprint density at radius 2 is 1.83 bits per heavy atom. The van der Waals surface area contributed by atoms with Crippen LogP contribution < -0.4 is 5.73 Å². The third-order valence-electron chi connectivity index (χ3n) is 3.95. The molecule has 1 aliphatic rings. The van der Waals surface area contributed by atoms with Crippen LogP contribution in [0.3, 0.4) is 0 Å². The molecule has 1 fully saturated rings. The van der Waals surface area contributed by atoms with Gasteiger partial charge in [-0.1, -0.05) is 30.3 Å². The lowest BCUT2D eigenvalue weighted by molar-refractivity contribution is 0.00789. The first-order valence-electron chi connectivity index (χ1n) is 8.13. The number of nitrogen functional groups attached to an aromatic ring is 1. The van der Waals surface area contributed by atoms with E-state index in [1.54, 1.807) is 4.90 Å². The molecule has 1 aromatic heterocycles. The normalized spacial score (nSPS) is 15.0. The van der Waals surface area contributed by atoms with E-state index in [2.05, 4.69) is 0 Å². The third-order valence-corrected chi connectivity index (χ3v) is 3.95. The molecule has 0 saturated carbocycles. The van der Waals surface area contributed by atoms with E-state index in [4.69, 9.17) is 15.5 Å². The molecule has 0 spiro atoms. The molecular weight excluding hydrogens is 302 g/mol. The smallest absolute Gasteiger partial charge is 0.410 e. The fourth-order valence-electron chi connectivity index (χ4n) is 2.68. The van der Waals surface area contributed by atoms with Gasteiger partial charge in [-0.15, -0.1) is 0 Å². The van der Waals surface area contributed by atoms with E-state index in [0.717, 1.165) is 17.0 Å². The molecule has 2 N–H and O–H groups in total. The van der Waals surface area contributed by atoms with Crippen molar-refractivity contribution >= 4 is 11.8 Å². The van der Waals surface area contributed by atoms with Gasteiger partial charge in [-0.2, -0.15) is 0 Å². The topological polar surface area (TPSA) is 68.5 Å². The highest BCUT2D eigenvalue weighted by Gasteiger charge is 2.35. The minimum atomic E-state index is -0.470. The van der Waals surface area contributed by atoms with E-state index >= 15 is 0 Å². The van der Waals surface area contributed by atoms with E-state index in [1.807, 2.05) is 63.2 Å². The molecule has 0 unspecified atom stereocenters. The molecule has 0 atom stereocenters. The Bertz CT molecular complexity index is 732. The molecule has 126 valence electrons. The number of carbonyl (C=O) groups is 1. The summed E-state index contributed by atoms with van der Waals surface area (Å²) >= 11 is 0. The highest BCUT2D eigenvalue weighted by Crippen LogP contribution is 2.31. The predicted octanol–water partition coefficient (Wildman–Crippen LogP) is 3.67. The highest BCUT2D eigenvalue weighted by molar-refractivity contribution is 5.73. The number of ether oxygens (including phenoxy) is 1. The van der Waals surface area contributed by atoms with Gasteiger partial charge < -0.3 is 15.4 Å². The van der Waals surface area contributed by atoms with E-state index in [-0.39, 0.29) is 12.0 Å². The Morgan fingerprint density at radius 1 is 1.17 bits per heavy atom.